The Bertz CT molecular complexity index is 746. The smallest absolute Gasteiger partial charge is 0.284 e. The van der Waals surface area contributed by atoms with Crippen LogP contribution in [0.15, 0.2) is 28.8 Å². The molecule has 3 heterocycles. The highest BCUT2D eigenvalue weighted by molar-refractivity contribution is 5.89. The van der Waals surface area contributed by atoms with Crippen LogP contribution in [-0.4, -0.2) is 34.6 Å². The monoisotopic (exact) mass is 359 g/mol. The number of primary amides is 1. The highest BCUT2D eigenvalue weighted by Gasteiger charge is 2.28. The first-order valence-corrected chi connectivity index (χ1v) is 8.86. The lowest BCUT2D eigenvalue weighted by molar-refractivity contribution is -0.0203. The van der Waals surface area contributed by atoms with Gasteiger partial charge in [0.05, 0.1) is 18.7 Å². The summed E-state index contributed by atoms with van der Waals surface area (Å²) in [6.07, 6.45) is 3.96. The Labute approximate surface area is 152 Å². The molecule has 3 rings (SSSR count). The van der Waals surface area contributed by atoms with Gasteiger partial charge in [-0.25, -0.2) is 4.98 Å². The number of amides is 1. The molecule has 0 saturated carbocycles. The van der Waals surface area contributed by atoms with Crippen molar-refractivity contribution in [1.29, 1.82) is 0 Å². The summed E-state index contributed by atoms with van der Waals surface area (Å²) in [6, 6.07) is 5.32. The van der Waals surface area contributed by atoms with Crippen molar-refractivity contribution in [3.8, 4) is 0 Å². The second kappa shape index (κ2) is 8.18. The van der Waals surface area contributed by atoms with Gasteiger partial charge in [-0.2, -0.15) is 4.98 Å². The van der Waals surface area contributed by atoms with E-state index in [1.54, 1.807) is 18.3 Å². The van der Waals surface area contributed by atoms with Gasteiger partial charge in [-0.15, -0.1) is 0 Å². The van der Waals surface area contributed by atoms with Gasteiger partial charge in [0.2, 0.25) is 5.95 Å². The van der Waals surface area contributed by atoms with Gasteiger partial charge in [-0.3, -0.25) is 4.79 Å². The summed E-state index contributed by atoms with van der Waals surface area (Å²) in [5, 5.41) is 6.55. The molecule has 0 radical (unpaired) electrons. The average molecular weight is 359 g/mol. The molecule has 2 aromatic rings. The minimum Gasteiger partial charge on any atom is -0.454 e. The maximum absolute atomic E-state index is 11.1. The van der Waals surface area contributed by atoms with Crippen molar-refractivity contribution in [2.75, 3.05) is 17.2 Å². The molecule has 1 amide bonds. The van der Waals surface area contributed by atoms with Gasteiger partial charge in [0.15, 0.2) is 5.76 Å². The SMILES string of the molecule is CC(C)C1OCCCC1Nc1ccnc(NCc2ccc(C(N)=O)o2)n1. The van der Waals surface area contributed by atoms with E-state index in [0.29, 0.717) is 24.2 Å². The average Bonchev–Trinajstić information content (AvgIpc) is 3.10. The molecule has 26 heavy (non-hydrogen) atoms. The number of carbonyl (C=O) groups is 1. The highest BCUT2D eigenvalue weighted by atomic mass is 16.5. The molecular weight excluding hydrogens is 334 g/mol. The zero-order chi connectivity index (χ0) is 18.5. The van der Waals surface area contributed by atoms with E-state index in [2.05, 4.69) is 34.4 Å². The molecule has 0 aliphatic carbocycles. The third-order valence-corrected chi connectivity index (χ3v) is 4.34. The van der Waals surface area contributed by atoms with Crippen molar-refractivity contribution in [1.82, 2.24) is 9.97 Å². The lowest BCUT2D eigenvalue weighted by atomic mass is 9.94. The topological polar surface area (TPSA) is 115 Å². The first-order valence-electron chi connectivity index (χ1n) is 8.86. The molecule has 8 heteroatoms. The number of nitrogens with two attached hydrogens (primary N) is 1. The van der Waals surface area contributed by atoms with Gasteiger partial charge in [0.1, 0.15) is 11.6 Å². The Kier molecular flexibility index (Phi) is 5.72. The molecule has 140 valence electrons. The van der Waals surface area contributed by atoms with Crippen LogP contribution in [0, 0.1) is 5.92 Å². The number of nitrogens with zero attached hydrogens (tertiary/aromatic N) is 2. The zero-order valence-electron chi connectivity index (χ0n) is 15.1. The van der Waals surface area contributed by atoms with Crippen LogP contribution in [0.5, 0.6) is 0 Å². The maximum atomic E-state index is 11.1. The van der Waals surface area contributed by atoms with E-state index >= 15 is 0 Å². The van der Waals surface area contributed by atoms with Crippen LogP contribution in [0.25, 0.3) is 0 Å². The third-order valence-electron chi connectivity index (χ3n) is 4.34. The number of aromatic nitrogens is 2. The van der Waals surface area contributed by atoms with Crippen LogP contribution in [0.3, 0.4) is 0 Å². The van der Waals surface area contributed by atoms with Crippen LogP contribution in [0.2, 0.25) is 0 Å². The number of carbonyl (C=O) groups excluding carboxylic acids is 1. The number of nitrogens with one attached hydrogen (secondary N) is 2. The standard InChI is InChI=1S/C18H25N5O3/c1-11(2)16-13(4-3-9-25-16)22-15-7-8-20-18(23-15)21-10-12-5-6-14(26-12)17(19)24/h5-8,11,13,16H,3-4,9-10H2,1-2H3,(H2,19,24)(H2,20,21,22,23). The molecule has 2 aromatic heterocycles. The van der Waals surface area contributed by atoms with Gasteiger partial charge in [-0.05, 0) is 37.0 Å². The Morgan fingerprint density at radius 1 is 1.38 bits per heavy atom. The van der Waals surface area contributed by atoms with Gasteiger partial charge >= 0.3 is 0 Å². The first kappa shape index (κ1) is 18.2. The molecule has 0 bridgehead atoms. The van der Waals surface area contributed by atoms with E-state index in [1.165, 1.54) is 0 Å². The van der Waals surface area contributed by atoms with Gasteiger partial charge in [-0.1, -0.05) is 13.8 Å². The van der Waals surface area contributed by atoms with E-state index in [4.69, 9.17) is 14.9 Å². The Morgan fingerprint density at radius 3 is 2.96 bits per heavy atom. The molecule has 2 atom stereocenters. The normalized spacial score (nSPS) is 20.1. The first-order chi connectivity index (χ1) is 12.5. The van der Waals surface area contributed by atoms with Gasteiger partial charge in [0, 0.05) is 12.8 Å². The van der Waals surface area contributed by atoms with Crippen molar-refractivity contribution in [2.24, 2.45) is 11.7 Å². The largest absolute Gasteiger partial charge is 0.454 e. The number of anilines is 2. The van der Waals surface area contributed by atoms with E-state index < -0.39 is 5.91 Å². The van der Waals surface area contributed by atoms with Gasteiger partial charge < -0.3 is 25.5 Å². The molecular formula is C18H25N5O3. The Hall–Kier alpha value is -2.61. The number of rotatable bonds is 7. The quantitative estimate of drug-likeness (QED) is 0.695. The molecule has 0 aromatic carbocycles. The fourth-order valence-corrected chi connectivity index (χ4v) is 3.10. The molecule has 1 aliphatic heterocycles. The summed E-state index contributed by atoms with van der Waals surface area (Å²) in [5.74, 6) is 1.79. The van der Waals surface area contributed by atoms with E-state index in [1.807, 2.05) is 6.07 Å². The van der Waals surface area contributed by atoms with Crippen LogP contribution >= 0.6 is 0 Å². The van der Waals surface area contributed by atoms with Crippen LogP contribution in [0.1, 0.15) is 43.0 Å². The Morgan fingerprint density at radius 2 is 2.23 bits per heavy atom. The molecule has 1 aliphatic rings. The molecule has 1 saturated heterocycles. The fraction of sp³-hybridized carbons (Fsp3) is 0.500. The lowest BCUT2D eigenvalue weighted by Crippen LogP contribution is -2.43. The minimum absolute atomic E-state index is 0.134. The second-order valence-corrected chi connectivity index (χ2v) is 6.72. The van der Waals surface area contributed by atoms with E-state index in [0.717, 1.165) is 25.3 Å². The maximum Gasteiger partial charge on any atom is 0.284 e. The number of ether oxygens (including phenoxy) is 1. The Balaban J connectivity index is 1.61. The second-order valence-electron chi connectivity index (χ2n) is 6.72. The summed E-state index contributed by atoms with van der Waals surface area (Å²) in [7, 11) is 0. The molecule has 8 nitrogen and oxygen atoms in total. The number of furan rings is 1. The summed E-state index contributed by atoms with van der Waals surface area (Å²) in [6.45, 7) is 5.51. The summed E-state index contributed by atoms with van der Waals surface area (Å²) in [5.41, 5.74) is 5.18. The summed E-state index contributed by atoms with van der Waals surface area (Å²) < 4.78 is 11.2. The third kappa shape index (κ3) is 4.51. The van der Waals surface area contributed by atoms with E-state index in [9.17, 15) is 4.79 Å². The van der Waals surface area contributed by atoms with Crippen molar-refractivity contribution >= 4 is 17.7 Å². The van der Waals surface area contributed by atoms with Crippen LogP contribution in [0.4, 0.5) is 11.8 Å². The summed E-state index contributed by atoms with van der Waals surface area (Å²) >= 11 is 0. The van der Waals surface area contributed by atoms with Crippen LogP contribution in [-0.2, 0) is 11.3 Å². The molecule has 2 unspecified atom stereocenters. The van der Waals surface area contributed by atoms with Crippen LogP contribution < -0.4 is 16.4 Å². The van der Waals surface area contributed by atoms with Crippen molar-refractivity contribution in [2.45, 2.75) is 45.4 Å². The predicted molar refractivity (Wildman–Crippen MR) is 97.8 cm³/mol. The minimum atomic E-state index is -0.590. The number of hydrogen-bond donors (Lipinski definition) is 3. The lowest BCUT2D eigenvalue weighted by Gasteiger charge is -2.35. The molecule has 0 spiro atoms. The van der Waals surface area contributed by atoms with Crippen molar-refractivity contribution < 1.29 is 13.9 Å². The molecule has 1 fully saturated rings. The van der Waals surface area contributed by atoms with Gasteiger partial charge in [0.25, 0.3) is 5.91 Å². The molecule has 4 N–H and O–H groups in total. The fourth-order valence-electron chi connectivity index (χ4n) is 3.10. The van der Waals surface area contributed by atoms with E-state index in [-0.39, 0.29) is 17.9 Å². The summed E-state index contributed by atoms with van der Waals surface area (Å²) in [4.78, 5) is 19.8. The zero-order valence-corrected chi connectivity index (χ0v) is 15.1. The van der Waals surface area contributed by atoms with Crippen molar-refractivity contribution in [3.05, 3.63) is 35.9 Å². The predicted octanol–water partition coefficient (Wildman–Crippen LogP) is 2.40. The van der Waals surface area contributed by atoms with Crippen molar-refractivity contribution in [3.63, 3.8) is 0 Å². The number of hydrogen-bond acceptors (Lipinski definition) is 7. The highest BCUT2D eigenvalue weighted by Crippen LogP contribution is 2.23.